The first-order valence-corrected chi connectivity index (χ1v) is 12.3. The van der Waals surface area contributed by atoms with Gasteiger partial charge in [-0.3, -0.25) is 9.78 Å². The molecule has 202 valence electrons. The summed E-state index contributed by atoms with van der Waals surface area (Å²) in [4.78, 5) is 27.5. The van der Waals surface area contributed by atoms with E-state index < -0.39 is 17.3 Å². The number of anilines is 3. The van der Waals surface area contributed by atoms with Crippen molar-refractivity contribution in [2.45, 2.75) is 6.18 Å². The maximum atomic E-state index is 12.9. The quantitative estimate of drug-likeness (QED) is 0.272. The van der Waals surface area contributed by atoms with Gasteiger partial charge in [-0.15, -0.1) is 0 Å². The molecule has 1 aliphatic rings. The molecule has 1 aliphatic heterocycles. The summed E-state index contributed by atoms with van der Waals surface area (Å²) in [5.74, 6) is 0.597. The van der Waals surface area contributed by atoms with E-state index in [0.717, 1.165) is 23.5 Å². The Morgan fingerprint density at radius 1 is 0.975 bits per heavy atom. The number of aromatic nitrogens is 3. The molecule has 9 nitrogen and oxygen atoms in total. The van der Waals surface area contributed by atoms with Crippen molar-refractivity contribution in [3.05, 3.63) is 100.0 Å². The number of nitrogens with zero attached hydrogens (tertiary/aromatic N) is 6. The fourth-order valence-electron chi connectivity index (χ4n) is 4.40. The zero-order valence-electron chi connectivity index (χ0n) is 21.1. The molecule has 0 aliphatic carbocycles. The molecule has 4 aromatic rings. The molecule has 3 heterocycles. The van der Waals surface area contributed by atoms with E-state index in [1.807, 2.05) is 41.3 Å². The number of H-pyrrole nitrogens is 1. The zero-order chi connectivity index (χ0) is 28.1. The maximum Gasteiger partial charge on any atom is 0.417 e. The van der Waals surface area contributed by atoms with Gasteiger partial charge in [-0.05, 0) is 18.2 Å². The van der Waals surface area contributed by atoms with Crippen LogP contribution in [0.5, 0.6) is 0 Å². The second-order valence-electron chi connectivity index (χ2n) is 8.92. The molecular formula is C28H23F3N8O. The van der Waals surface area contributed by atoms with Crippen LogP contribution in [0.1, 0.15) is 16.7 Å². The Labute approximate surface area is 227 Å². The highest BCUT2D eigenvalue weighted by Crippen LogP contribution is 2.30. The van der Waals surface area contributed by atoms with Crippen LogP contribution >= 0.6 is 0 Å². The number of aromatic amines is 1. The number of pyridine rings is 1. The van der Waals surface area contributed by atoms with Crippen molar-refractivity contribution in [2.75, 3.05) is 41.4 Å². The van der Waals surface area contributed by atoms with Crippen molar-refractivity contribution in [1.82, 2.24) is 15.0 Å². The van der Waals surface area contributed by atoms with Crippen LogP contribution in [0.2, 0.25) is 0 Å². The lowest BCUT2D eigenvalue weighted by Crippen LogP contribution is -2.47. The number of benzene rings is 2. The van der Waals surface area contributed by atoms with Crippen LogP contribution in [0.15, 0.2) is 82.8 Å². The van der Waals surface area contributed by atoms with Crippen molar-refractivity contribution in [1.29, 1.82) is 5.26 Å². The Hall–Kier alpha value is -5.18. The van der Waals surface area contributed by atoms with Gasteiger partial charge in [0.2, 0.25) is 5.95 Å². The summed E-state index contributed by atoms with van der Waals surface area (Å²) in [5, 5.41) is 13.7. The minimum atomic E-state index is -4.42. The van der Waals surface area contributed by atoms with Crippen LogP contribution in [0.4, 0.5) is 30.6 Å². The van der Waals surface area contributed by atoms with Crippen molar-refractivity contribution in [3.63, 3.8) is 0 Å². The summed E-state index contributed by atoms with van der Waals surface area (Å²) in [6.45, 7) is 2.43. The lowest BCUT2D eigenvalue weighted by atomic mass is 10.1. The van der Waals surface area contributed by atoms with E-state index in [0.29, 0.717) is 37.6 Å². The summed E-state index contributed by atoms with van der Waals surface area (Å²) in [6, 6.07) is 20.9. The Morgan fingerprint density at radius 3 is 2.35 bits per heavy atom. The number of hydrogen-bond acceptors (Lipinski definition) is 8. The Morgan fingerprint density at radius 2 is 1.68 bits per heavy atom. The van der Waals surface area contributed by atoms with Crippen LogP contribution in [0.25, 0.3) is 11.3 Å². The Balaban J connectivity index is 1.28. The minimum absolute atomic E-state index is 0.0864. The first kappa shape index (κ1) is 26.4. The van der Waals surface area contributed by atoms with Crippen LogP contribution in [-0.2, 0) is 6.18 Å². The standard InChI is InChI=1S/C28H23F3N8O/c29-28(30,31)21-10-11-24(33-18-21)39-14-12-38(13-15-39)23-9-5-4-8-20(23)17-34-37-27-35-25(19-6-2-1-3-7-19)22(16-32)26(40)36-27/h1-11,17-18H,12-15H2,(H2,35,36,37,40). The number of piperazine rings is 1. The minimum Gasteiger partial charge on any atom is -0.367 e. The molecule has 2 aromatic carbocycles. The van der Waals surface area contributed by atoms with Gasteiger partial charge < -0.3 is 9.80 Å². The summed E-state index contributed by atoms with van der Waals surface area (Å²) in [5.41, 5.74) is 3.95. The fraction of sp³-hybridized carbons (Fsp3) is 0.179. The van der Waals surface area contributed by atoms with Crippen LogP contribution in [-0.4, -0.2) is 47.3 Å². The molecule has 5 rings (SSSR count). The molecule has 0 spiro atoms. The molecule has 1 saturated heterocycles. The van der Waals surface area contributed by atoms with E-state index in [1.54, 1.807) is 30.5 Å². The van der Waals surface area contributed by atoms with Gasteiger partial charge in [0.25, 0.3) is 5.56 Å². The number of hydrogen-bond donors (Lipinski definition) is 2. The van der Waals surface area contributed by atoms with Crippen molar-refractivity contribution in [2.24, 2.45) is 5.10 Å². The third-order valence-corrected chi connectivity index (χ3v) is 6.41. The number of rotatable bonds is 6. The van der Waals surface area contributed by atoms with E-state index in [4.69, 9.17) is 0 Å². The van der Waals surface area contributed by atoms with Gasteiger partial charge in [0.15, 0.2) is 0 Å². The molecule has 1 fully saturated rings. The highest BCUT2D eigenvalue weighted by Gasteiger charge is 2.31. The molecular weight excluding hydrogens is 521 g/mol. The lowest BCUT2D eigenvalue weighted by molar-refractivity contribution is -0.137. The van der Waals surface area contributed by atoms with E-state index in [2.05, 4.69) is 30.4 Å². The van der Waals surface area contributed by atoms with Gasteiger partial charge in [0, 0.05) is 49.2 Å². The first-order valence-electron chi connectivity index (χ1n) is 12.3. The number of hydrazone groups is 1. The maximum absolute atomic E-state index is 12.9. The molecule has 0 atom stereocenters. The van der Waals surface area contributed by atoms with Gasteiger partial charge in [0.05, 0.1) is 17.5 Å². The molecule has 12 heteroatoms. The number of para-hydroxylation sites is 1. The third kappa shape index (κ3) is 5.78. The summed E-state index contributed by atoms with van der Waals surface area (Å²) < 4.78 is 38.6. The lowest BCUT2D eigenvalue weighted by Gasteiger charge is -2.37. The molecule has 0 bridgehead atoms. The predicted molar refractivity (Wildman–Crippen MR) is 146 cm³/mol. The molecule has 2 N–H and O–H groups in total. The van der Waals surface area contributed by atoms with Crippen molar-refractivity contribution < 1.29 is 13.2 Å². The Kier molecular flexibility index (Phi) is 7.46. The van der Waals surface area contributed by atoms with Gasteiger partial charge in [0.1, 0.15) is 17.5 Å². The number of alkyl halides is 3. The SMILES string of the molecule is N#Cc1c(-c2ccccc2)nc(NN=Cc2ccccc2N2CCN(c3ccc(C(F)(F)F)cn3)CC2)[nH]c1=O. The average Bonchev–Trinajstić information content (AvgIpc) is 2.97. The smallest absolute Gasteiger partial charge is 0.367 e. The number of nitriles is 1. The second-order valence-corrected chi connectivity index (χ2v) is 8.92. The van der Waals surface area contributed by atoms with Crippen LogP contribution in [0.3, 0.4) is 0 Å². The van der Waals surface area contributed by atoms with Crippen LogP contribution in [0, 0.1) is 11.3 Å². The van der Waals surface area contributed by atoms with E-state index in [9.17, 15) is 23.2 Å². The summed E-state index contributed by atoms with van der Waals surface area (Å²) >= 11 is 0. The average molecular weight is 545 g/mol. The summed E-state index contributed by atoms with van der Waals surface area (Å²) in [6.07, 6.45) is -1.95. The van der Waals surface area contributed by atoms with E-state index in [-0.39, 0.29) is 17.2 Å². The van der Waals surface area contributed by atoms with E-state index >= 15 is 0 Å². The van der Waals surface area contributed by atoms with E-state index in [1.165, 1.54) is 6.07 Å². The highest BCUT2D eigenvalue weighted by molar-refractivity contribution is 5.88. The monoisotopic (exact) mass is 544 g/mol. The second kappa shape index (κ2) is 11.3. The number of nitrogens with one attached hydrogen (secondary N) is 2. The number of halogens is 3. The van der Waals surface area contributed by atoms with Crippen LogP contribution < -0.4 is 20.8 Å². The molecule has 40 heavy (non-hydrogen) atoms. The molecule has 0 saturated carbocycles. The first-order chi connectivity index (χ1) is 19.3. The molecule has 0 amide bonds. The summed E-state index contributed by atoms with van der Waals surface area (Å²) in [7, 11) is 0. The largest absolute Gasteiger partial charge is 0.417 e. The van der Waals surface area contributed by atoms with Gasteiger partial charge >= 0.3 is 6.18 Å². The Bertz CT molecular complexity index is 1600. The normalized spacial score (nSPS) is 13.8. The molecule has 2 aromatic heterocycles. The third-order valence-electron chi connectivity index (χ3n) is 6.41. The highest BCUT2D eigenvalue weighted by atomic mass is 19.4. The zero-order valence-corrected chi connectivity index (χ0v) is 21.1. The van der Waals surface area contributed by atoms with Crippen molar-refractivity contribution >= 4 is 23.7 Å². The van der Waals surface area contributed by atoms with Gasteiger partial charge in [-0.25, -0.2) is 15.4 Å². The fourth-order valence-corrected chi connectivity index (χ4v) is 4.40. The molecule has 0 radical (unpaired) electrons. The predicted octanol–water partition coefficient (Wildman–Crippen LogP) is 4.49. The molecule has 0 unspecified atom stereocenters. The van der Waals surface area contributed by atoms with Gasteiger partial charge in [-0.2, -0.15) is 23.5 Å². The van der Waals surface area contributed by atoms with Gasteiger partial charge in [-0.1, -0.05) is 48.5 Å². The van der Waals surface area contributed by atoms with Crippen molar-refractivity contribution in [3.8, 4) is 17.3 Å². The topological polar surface area (TPSA) is 113 Å².